The van der Waals surface area contributed by atoms with E-state index in [2.05, 4.69) is 19.6 Å². The number of hydrogen-bond acceptors (Lipinski definition) is 6. The second kappa shape index (κ2) is 8.62. The third-order valence-corrected chi connectivity index (χ3v) is 4.94. The van der Waals surface area contributed by atoms with E-state index in [-0.39, 0.29) is 22.4 Å². The van der Waals surface area contributed by atoms with Crippen molar-refractivity contribution in [2.45, 2.75) is 18.9 Å². The molecule has 0 saturated carbocycles. The summed E-state index contributed by atoms with van der Waals surface area (Å²) in [6.45, 7) is 1.15. The minimum absolute atomic E-state index is 0.0736. The van der Waals surface area contributed by atoms with Crippen LogP contribution < -0.4 is 14.4 Å². The quantitative estimate of drug-likeness (QED) is 0.784. The molecule has 2 aromatic rings. The van der Waals surface area contributed by atoms with Crippen LogP contribution in [0.25, 0.3) is 0 Å². The molecule has 2 unspecified atom stereocenters. The van der Waals surface area contributed by atoms with E-state index in [0.717, 1.165) is 31.3 Å². The number of halogens is 2. The average molecular weight is 413 g/mol. The van der Waals surface area contributed by atoms with Gasteiger partial charge < -0.3 is 9.64 Å². The Morgan fingerprint density at radius 3 is 3.04 bits per heavy atom. The van der Waals surface area contributed by atoms with E-state index in [1.54, 1.807) is 6.20 Å². The Morgan fingerprint density at radius 2 is 2.33 bits per heavy atom. The summed E-state index contributed by atoms with van der Waals surface area (Å²) in [5.41, 5.74) is -0.286. The Kier molecular flexibility index (Phi) is 6.22. The lowest BCUT2D eigenvalue weighted by molar-refractivity contribution is 0.0979. The third kappa shape index (κ3) is 4.72. The first-order valence-corrected chi connectivity index (χ1v) is 10.2. The molecule has 2 heterocycles. The number of aromatic nitrogens is 2. The number of amides is 1. The van der Waals surface area contributed by atoms with E-state index >= 15 is 0 Å². The number of benzene rings is 1. The van der Waals surface area contributed by atoms with E-state index in [1.807, 2.05) is 6.07 Å². The highest BCUT2D eigenvalue weighted by Crippen LogP contribution is 2.30. The second-order valence-electron chi connectivity index (χ2n) is 6.02. The number of ether oxygens (including phenoxy) is 1. The maximum atomic E-state index is 14.2. The van der Waals surface area contributed by atoms with E-state index in [9.17, 15) is 13.4 Å². The van der Waals surface area contributed by atoms with Crippen LogP contribution in [0.3, 0.4) is 0 Å². The first-order valence-electron chi connectivity index (χ1n) is 8.24. The maximum absolute atomic E-state index is 14.2. The average Bonchev–Trinajstić information content (AvgIpc) is 3.10. The van der Waals surface area contributed by atoms with Crippen molar-refractivity contribution in [3.05, 3.63) is 47.1 Å². The molecule has 1 aromatic carbocycles. The van der Waals surface area contributed by atoms with Crippen LogP contribution >= 0.6 is 11.6 Å². The van der Waals surface area contributed by atoms with Gasteiger partial charge in [0, 0.05) is 25.1 Å². The van der Waals surface area contributed by atoms with Gasteiger partial charge in [0.25, 0.3) is 5.91 Å². The van der Waals surface area contributed by atoms with Crippen LogP contribution in [-0.4, -0.2) is 45.5 Å². The molecule has 3 rings (SSSR count). The zero-order valence-electron chi connectivity index (χ0n) is 14.5. The number of hydrogen-bond donors (Lipinski definition) is 1. The lowest BCUT2D eigenvalue weighted by Crippen LogP contribution is -2.34. The fraction of sp³-hybridized carbons (Fsp3) is 0.353. The van der Waals surface area contributed by atoms with E-state index in [0.29, 0.717) is 6.61 Å². The molecular formula is C17H18ClFN4O3S. The molecule has 0 radical (unpaired) electrons. The second-order valence-corrected chi connectivity index (χ2v) is 7.54. The fourth-order valence-corrected chi connectivity index (χ4v) is 3.54. The van der Waals surface area contributed by atoms with Crippen LogP contribution in [-0.2, 0) is 11.0 Å². The van der Waals surface area contributed by atoms with Gasteiger partial charge in [0.1, 0.15) is 41.3 Å². The first kappa shape index (κ1) is 19.5. The van der Waals surface area contributed by atoms with Crippen LogP contribution in [0, 0.1) is 5.82 Å². The molecule has 0 aliphatic carbocycles. The van der Waals surface area contributed by atoms with Gasteiger partial charge >= 0.3 is 0 Å². The van der Waals surface area contributed by atoms with Crippen molar-refractivity contribution < 1.29 is 18.1 Å². The largest absolute Gasteiger partial charge is 0.490 e. The van der Waals surface area contributed by atoms with Crippen LogP contribution in [0.4, 0.5) is 10.2 Å². The van der Waals surface area contributed by atoms with Crippen molar-refractivity contribution in [1.82, 2.24) is 14.7 Å². The highest BCUT2D eigenvalue weighted by atomic mass is 35.5. The Hall–Kier alpha value is -2.26. The van der Waals surface area contributed by atoms with Gasteiger partial charge in [0.15, 0.2) is 0 Å². The van der Waals surface area contributed by atoms with Crippen molar-refractivity contribution >= 4 is 34.3 Å². The van der Waals surface area contributed by atoms with E-state index in [4.69, 9.17) is 16.3 Å². The molecule has 1 amide bonds. The minimum atomic E-state index is -1.60. The Balaban J connectivity index is 1.70. The van der Waals surface area contributed by atoms with Crippen LogP contribution in [0.5, 0.6) is 5.75 Å². The zero-order valence-corrected chi connectivity index (χ0v) is 16.1. The number of anilines is 1. The van der Waals surface area contributed by atoms with Gasteiger partial charge in [-0.3, -0.25) is 9.52 Å². The summed E-state index contributed by atoms with van der Waals surface area (Å²) in [4.78, 5) is 22.1. The van der Waals surface area contributed by atoms with Gasteiger partial charge in [-0.2, -0.15) is 0 Å². The summed E-state index contributed by atoms with van der Waals surface area (Å²) in [5.74, 6) is -0.630. The summed E-state index contributed by atoms with van der Waals surface area (Å²) < 4.78 is 33.2. The normalized spacial score (nSPS) is 17.6. The summed E-state index contributed by atoms with van der Waals surface area (Å²) in [6.07, 6.45) is 6.35. The molecule has 1 aromatic heterocycles. The Bertz CT molecular complexity index is 856. The monoisotopic (exact) mass is 412 g/mol. The fourth-order valence-electron chi connectivity index (χ4n) is 2.95. The van der Waals surface area contributed by atoms with E-state index < -0.39 is 22.7 Å². The zero-order chi connectivity index (χ0) is 19.4. The summed E-state index contributed by atoms with van der Waals surface area (Å²) in [7, 11) is -1.60. The van der Waals surface area contributed by atoms with Gasteiger partial charge in [-0.25, -0.2) is 18.6 Å². The molecule has 1 aliphatic heterocycles. The third-order valence-electron chi connectivity index (χ3n) is 4.17. The number of rotatable bonds is 6. The smallest absolute Gasteiger partial charge is 0.265 e. The molecule has 1 saturated heterocycles. The van der Waals surface area contributed by atoms with Crippen molar-refractivity contribution in [3.8, 4) is 5.75 Å². The molecule has 1 fully saturated rings. The molecule has 0 bridgehead atoms. The van der Waals surface area contributed by atoms with Gasteiger partial charge in [0.05, 0.1) is 16.6 Å². The SMILES string of the molecule is CS(=O)NC(=O)c1cc(Cl)c(OCC2CCCN2c2ccncn2)cc1F. The summed E-state index contributed by atoms with van der Waals surface area (Å²) in [6, 6.07) is 4.14. The highest BCUT2D eigenvalue weighted by Gasteiger charge is 2.27. The molecule has 10 heteroatoms. The number of carbonyl (C=O) groups is 1. The molecule has 27 heavy (non-hydrogen) atoms. The van der Waals surface area contributed by atoms with Crippen LogP contribution in [0.2, 0.25) is 5.02 Å². The van der Waals surface area contributed by atoms with Crippen LogP contribution in [0.15, 0.2) is 30.7 Å². The van der Waals surface area contributed by atoms with Crippen molar-refractivity contribution in [2.24, 2.45) is 0 Å². The summed E-state index contributed by atoms with van der Waals surface area (Å²) in [5, 5.41) is 0.106. The molecule has 1 N–H and O–H groups in total. The number of nitrogens with zero attached hydrogens (tertiary/aromatic N) is 3. The minimum Gasteiger partial charge on any atom is -0.490 e. The van der Waals surface area contributed by atoms with Crippen LogP contribution in [0.1, 0.15) is 23.2 Å². The molecule has 144 valence electrons. The van der Waals surface area contributed by atoms with Crippen molar-refractivity contribution in [2.75, 3.05) is 24.3 Å². The van der Waals surface area contributed by atoms with Crippen molar-refractivity contribution in [3.63, 3.8) is 0 Å². The topological polar surface area (TPSA) is 84.4 Å². The number of carbonyl (C=O) groups excluding carboxylic acids is 1. The Morgan fingerprint density at radius 1 is 1.52 bits per heavy atom. The molecule has 0 spiro atoms. The molecular weight excluding hydrogens is 395 g/mol. The van der Waals surface area contributed by atoms with Gasteiger partial charge in [-0.05, 0) is 25.0 Å². The number of nitrogens with one attached hydrogen (secondary N) is 1. The molecule has 1 aliphatic rings. The van der Waals surface area contributed by atoms with Gasteiger partial charge in [-0.1, -0.05) is 11.6 Å². The standard InChI is InChI=1S/C17H18ClFN4O3S/c1-27(25)22-17(24)12-7-13(18)15(8-14(12)19)26-9-11-3-2-6-23(11)16-4-5-20-10-21-16/h4-5,7-8,10-11H,2-3,6,9H2,1H3,(H,22,24). The lowest BCUT2D eigenvalue weighted by atomic mass is 10.2. The Labute approximate surface area is 163 Å². The van der Waals surface area contributed by atoms with Gasteiger partial charge in [-0.15, -0.1) is 0 Å². The molecule has 7 nitrogen and oxygen atoms in total. The van der Waals surface area contributed by atoms with E-state index in [1.165, 1.54) is 18.6 Å². The lowest BCUT2D eigenvalue weighted by Gasteiger charge is -2.25. The highest BCUT2D eigenvalue weighted by molar-refractivity contribution is 7.82. The predicted molar refractivity (Wildman–Crippen MR) is 101 cm³/mol. The maximum Gasteiger partial charge on any atom is 0.265 e. The first-order chi connectivity index (χ1) is 13.0. The van der Waals surface area contributed by atoms with Crippen molar-refractivity contribution in [1.29, 1.82) is 0 Å². The molecule has 2 atom stereocenters. The summed E-state index contributed by atoms with van der Waals surface area (Å²) >= 11 is 6.14. The van der Waals surface area contributed by atoms with Gasteiger partial charge in [0.2, 0.25) is 0 Å². The predicted octanol–water partition coefficient (Wildman–Crippen LogP) is 2.34.